The first-order valence-electron chi connectivity index (χ1n) is 14.7. The molecule has 4 atom stereocenters. The number of hydrogen-bond acceptors (Lipinski definition) is 4. The van der Waals surface area contributed by atoms with Crippen molar-refractivity contribution in [2.45, 2.75) is 81.6 Å². The van der Waals surface area contributed by atoms with Crippen LogP contribution in [-0.4, -0.2) is 45.7 Å². The number of carbonyl (C=O) groups excluding carboxylic acids is 1. The number of aryl methyl sites for hydroxylation is 1. The summed E-state index contributed by atoms with van der Waals surface area (Å²) in [6.07, 6.45) is -3.72. The monoisotopic (exact) mass is 669 g/mol. The molecular weight excluding hydrogens is 635 g/mol. The third-order valence-corrected chi connectivity index (χ3v) is 10.6. The Morgan fingerprint density at radius 2 is 1.43 bits per heavy atom. The fourth-order valence-electron chi connectivity index (χ4n) is 6.73. The number of pyridine rings is 1. The van der Waals surface area contributed by atoms with Crippen LogP contribution >= 0.6 is 0 Å². The summed E-state index contributed by atoms with van der Waals surface area (Å²) < 4.78 is 108. The van der Waals surface area contributed by atoms with Crippen LogP contribution < -0.4 is 9.80 Å². The van der Waals surface area contributed by atoms with Gasteiger partial charge >= 0.3 is 12.4 Å². The molecular formula is C33H34F7N3O2S. The van der Waals surface area contributed by atoms with Crippen molar-refractivity contribution in [2.24, 2.45) is 0 Å². The summed E-state index contributed by atoms with van der Waals surface area (Å²) in [5.74, 6) is -0.634. The zero-order valence-corrected chi connectivity index (χ0v) is 26.7. The third-order valence-electron chi connectivity index (χ3n) is 9.28. The number of likely N-dealkylation sites (N-methyl/N-ethyl adjacent to an activating group) is 1. The Kier molecular flexibility index (Phi) is 8.80. The standard InChI is InChI=1S/C33H34F7N3O2S/c1-18-10-22(34)6-9-26(18)27-16-29(43-23-7-8-24(43)15-25(14-23)46(5)45)41-17-28(27)42(4)30(44)31(2,3)19-11-20(32(35,36)37)13-21(12-19)33(38,39)40/h6,9-13,16-17,23-25H,7-8,14-15H2,1-5H3/t23-,24+,25?,46?. The Balaban J connectivity index is 1.59. The van der Waals surface area contributed by atoms with E-state index in [0.717, 1.165) is 25.7 Å². The summed E-state index contributed by atoms with van der Waals surface area (Å²) in [4.78, 5) is 22.1. The highest BCUT2D eigenvalue weighted by Gasteiger charge is 2.44. The van der Waals surface area contributed by atoms with Crippen LogP contribution in [0.3, 0.4) is 0 Å². The maximum absolute atomic E-state index is 14.1. The molecule has 46 heavy (non-hydrogen) atoms. The van der Waals surface area contributed by atoms with E-state index >= 15 is 0 Å². The summed E-state index contributed by atoms with van der Waals surface area (Å²) in [6, 6.07) is 7.31. The predicted molar refractivity (Wildman–Crippen MR) is 164 cm³/mol. The molecule has 5 rings (SSSR count). The van der Waals surface area contributed by atoms with Gasteiger partial charge in [0.05, 0.1) is 28.4 Å². The van der Waals surface area contributed by atoms with Gasteiger partial charge in [-0.25, -0.2) is 9.37 Å². The highest BCUT2D eigenvalue weighted by Crippen LogP contribution is 2.44. The Bertz CT molecular complexity index is 1640. The van der Waals surface area contributed by atoms with Gasteiger partial charge in [-0.15, -0.1) is 0 Å². The van der Waals surface area contributed by atoms with Crippen LogP contribution in [0.5, 0.6) is 0 Å². The van der Waals surface area contributed by atoms with E-state index in [9.17, 15) is 39.7 Å². The topological polar surface area (TPSA) is 53.5 Å². The Morgan fingerprint density at radius 3 is 1.93 bits per heavy atom. The minimum absolute atomic E-state index is 0.0277. The molecule has 3 heterocycles. The van der Waals surface area contributed by atoms with E-state index in [0.29, 0.717) is 34.6 Å². The number of piperidine rings is 1. The summed E-state index contributed by atoms with van der Waals surface area (Å²) in [7, 11) is 0.414. The lowest BCUT2D eigenvalue weighted by Gasteiger charge is -2.39. The van der Waals surface area contributed by atoms with Gasteiger partial charge < -0.3 is 9.80 Å². The lowest BCUT2D eigenvalue weighted by Crippen LogP contribution is -2.46. The molecule has 13 heteroatoms. The van der Waals surface area contributed by atoms with Gasteiger partial charge in [0, 0.05) is 47.0 Å². The van der Waals surface area contributed by atoms with Crippen LogP contribution in [0.25, 0.3) is 11.1 Å². The highest BCUT2D eigenvalue weighted by molar-refractivity contribution is 7.84. The highest BCUT2D eigenvalue weighted by atomic mass is 32.2. The van der Waals surface area contributed by atoms with Crippen LogP contribution in [0.2, 0.25) is 0 Å². The van der Waals surface area contributed by atoms with E-state index in [1.165, 1.54) is 44.1 Å². The van der Waals surface area contributed by atoms with Crippen molar-refractivity contribution >= 4 is 28.2 Å². The molecule has 248 valence electrons. The summed E-state index contributed by atoms with van der Waals surface area (Å²) in [5.41, 5.74) is -3.45. The average Bonchev–Trinajstić information content (AvgIpc) is 3.23. The minimum Gasteiger partial charge on any atom is -0.351 e. The quantitative estimate of drug-likeness (QED) is 0.250. The van der Waals surface area contributed by atoms with Crippen molar-refractivity contribution < 1.29 is 39.7 Å². The molecule has 2 bridgehead atoms. The van der Waals surface area contributed by atoms with Crippen molar-refractivity contribution in [1.82, 2.24) is 4.98 Å². The first-order valence-corrected chi connectivity index (χ1v) is 16.4. The number of aromatic nitrogens is 1. The first kappa shape index (κ1) is 33.9. The molecule has 3 aromatic rings. The van der Waals surface area contributed by atoms with Crippen LogP contribution in [0.1, 0.15) is 61.8 Å². The van der Waals surface area contributed by atoms with Gasteiger partial charge in [-0.05, 0) is 99.5 Å². The molecule has 5 nitrogen and oxygen atoms in total. The van der Waals surface area contributed by atoms with Gasteiger partial charge in [-0.3, -0.25) is 9.00 Å². The van der Waals surface area contributed by atoms with E-state index < -0.39 is 57.0 Å². The first-order chi connectivity index (χ1) is 21.3. The molecule has 0 saturated carbocycles. The number of carbonyl (C=O) groups is 1. The Labute approximate surface area is 265 Å². The number of alkyl halides is 6. The van der Waals surface area contributed by atoms with E-state index in [1.807, 2.05) is 0 Å². The number of benzene rings is 2. The molecule has 1 amide bonds. The number of nitrogens with zero attached hydrogens (tertiary/aromatic N) is 3. The Morgan fingerprint density at radius 1 is 0.891 bits per heavy atom. The largest absolute Gasteiger partial charge is 0.416 e. The molecule has 2 aliphatic heterocycles. The van der Waals surface area contributed by atoms with Crippen LogP contribution in [-0.2, 0) is 33.4 Å². The van der Waals surface area contributed by atoms with E-state index in [-0.39, 0.29) is 29.1 Å². The second-order valence-electron chi connectivity index (χ2n) is 12.7. The summed E-state index contributed by atoms with van der Waals surface area (Å²) in [5, 5.41) is 0.0755. The van der Waals surface area contributed by atoms with E-state index in [2.05, 4.69) is 9.88 Å². The Hall–Kier alpha value is -3.48. The van der Waals surface area contributed by atoms with Crippen molar-refractivity contribution in [3.63, 3.8) is 0 Å². The predicted octanol–water partition coefficient (Wildman–Crippen LogP) is 8.05. The molecule has 2 saturated heterocycles. The molecule has 2 aliphatic rings. The van der Waals surface area contributed by atoms with Crippen molar-refractivity contribution in [2.75, 3.05) is 23.1 Å². The fraction of sp³-hybridized carbons (Fsp3) is 0.455. The number of fused-ring (bicyclic) bond motifs is 2. The zero-order valence-electron chi connectivity index (χ0n) is 25.9. The number of amides is 1. The van der Waals surface area contributed by atoms with Gasteiger partial charge in [0.15, 0.2) is 0 Å². The lowest BCUT2D eigenvalue weighted by molar-refractivity contribution is -0.143. The van der Waals surface area contributed by atoms with Crippen molar-refractivity contribution in [3.05, 3.63) is 76.7 Å². The average molecular weight is 670 g/mol. The molecule has 2 aromatic carbocycles. The fourth-order valence-corrected chi connectivity index (χ4v) is 7.72. The van der Waals surface area contributed by atoms with Gasteiger partial charge in [-0.2, -0.15) is 26.3 Å². The molecule has 0 N–H and O–H groups in total. The molecule has 0 aliphatic carbocycles. The minimum atomic E-state index is -5.08. The SMILES string of the molecule is Cc1cc(F)ccc1-c1cc(N2[C@@H]3CC[C@H]2CC(S(C)=O)C3)ncc1N(C)C(=O)C(C)(C)c1cc(C(F)(F)F)cc(C(F)(F)F)c1. The molecule has 0 radical (unpaired) electrons. The number of anilines is 2. The molecule has 1 aromatic heterocycles. The zero-order chi connectivity index (χ0) is 33.9. The number of halogens is 7. The summed E-state index contributed by atoms with van der Waals surface area (Å²) in [6.45, 7) is 4.23. The van der Waals surface area contributed by atoms with Gasteiger partial charge in [0.25, 0.3) is 0 Å². The van der Waals surface area contributed by atoms with Gasteiger partial charge in [-0.1, -0.05) is 6.07 Å². The van der Waals surface area contributed by atoms with Crippen LogP contribution in [0, 0.1) is 12.7 Å². The van der Waals surface area contributed by atoms with Crippen LogP contribution in [0.4, 0.5) is 42.2 Å². The van der Waals surface area contributed by atoms with E-state index in [4.69, 9.17) is 0 Å². The number of hydrogen-bond donors (Lipinski definition) is 0. The van der Waals surface area contributed by atoms with Gasteiger partial charge in [0.1, 0.15) is 11.6 Å². The van der Waals surface area contributed by atoms with E-state index in [1.54, 1.807) is 25.3 Å². The summed E-state index contributed by atoms with van der Waals surface area (Å²) >= 11 is 0. The van der Waals surface area contributed by atoms with Crippen molar-refractivity contribution in [3.8, 4) is 11.1 Å². The third kappa shape index (κ3) is 6.39. The van der Waals surface area contributed by atoms with Crippen molar-refractivity contribution in [1.29, 1.82) is 0 Å². The van der Waals surface area contributed by atoms with Gasteiger partial charge in [0.2, 0.25) is 5.91 Å². The molecule has 0 spiro atoms. The number of rotatable bonds is 6. The lowest BCUT2D eigenvalue weighted by atomic mass is 9.81. The normalized spacial score (nSPS) is 21.0. The maximum Gasteiger partial charge on any atom is 0.416 e. The second kappa shape index (κ2) is 12.0. The smallest absolute Gasteiger partial charge is 0.351 e. The second-order valence-corrected chi connectivity index (χ2v) is 14.4. The molecule has 2 unspecified atom stereocenters. The molecule has 2 fully saturated rings. The maximum atomic E-state index is 14.1. The van der Waals surface area contributed by atoms with Crippen LogP contribution in [0.15, 0.2) is 48.7 Å².